The Balaban J connectivity index is 1.45. The predicted octanol–water partition coefficient (Wildman–Crippen LogP) is 9.39. The van der Waals surface area contributed by atoms with Gasteiger partial charge in [0.15, 0.2) is 0 Å². The summed E-state index contributed by atoms with van der Waals surface area (Å²) in [4.78, 5) is 0. The molecule has 44 heavy (non-hydrogen) atoms. The van der Waals surface area contributed by atoms with E-state index in [1.165, 1.54) is 74.9 Å². The molecule has 7 rings (SSSR count). The number of aryl methyl sites for hydroxylation is 1. The topological polar surface area (TPSA) is 0 Å². The molecule has 0 saturated heterocycles. The fraction of sp³-hybridized carbons (Fsp3) is 0.200. The van der Waals surface area contributed by atoms with Gasteiger partial charge in [-0.15, -0.1) is 0 Å². The third kappa shape index (κ3) is 5.07. The molecule has 4 heteroatoms. The van der Waals surface area contributed by atoms with Crippen LogP contribution in [0.4, 0.5) is 0 Å². The van der Waals surface area contributed by atoms with E-state index in [0.717, 1.165) is 0 Å². The third-order valence-electron chi connectivity index (χ3n) is 9.69. The molecule has 2 aliphatic rings. The summed E-state index contributed by atoms with van der Waals surface area (Å²) in [5.74, 6) is 0.909. The number of halogens is 2. The van der Waals surface area contributed by atoms with Crippen molar-refractivity contribution in [3.8, 4) is 22.3 Å². The average Bonchev–Trinajstić information content (AvgIpc) is 3.60. The third-order valence-corrected chi connectivity index (χ3v) is 23.9. The van der Waals surface area contributed by atoms with Gasteiger partial charge in [-0.3, -0.25) is 0 Å². The Kier molecular flexibility index (Phi) is 8.03. The van der Waals surface area contributed by atoms with Crippen LogP contribution in [0.15, 0.2) is 103 Å². The van der Waals surface area contributed by atoms with Crippen molar-refractivity contribution in [1.29, 1.82) is 0 Å². The Labute approximate surface area is 276 Å². The SMILES string of the molecule is Cc1ccc2c(c1-c1cc(C(C)C)cc(C(C)C)c1)C=C(c1ccccc1)[CH]2[Zr]([Cl])([Cl])[c]1cccc2c1[SiH2]c1ccccc1-2. The van der Waals surface area contributed by atoms with Crippen molar-refractivity contribution in [3.05, 3.63) is 137 Å². The molecule has 1 aliphatic heterocycles. The first-order valence-corrected chi connectivity index (χ1v) is 26.2. The molecule has 0 aromatic heterocycles. The van der Waals surface area contributed by atoms with Gasteiger partial charge in [0, 0.05) is 0 Å². The number of rotatable bonds is 6. The van der Waals surface area contributed by atoms with Crippen LogP contribution >= 0.6 is 17.0 Å². The van der Waals surface area contributed by atoms with Gasteiger partial charge in [0.2, 0.25) is 0 Å². The van der Waals surface area contributed by atoms with Crippen LogP contribution in [-0.4, -0.2) is 9.52 Å². The van der Waals surface area contributed by atoms with Crippen LogP contribution in [0.3, 0.4) is 0 Å². The van der Waals surface area contributed by atoms with E-state index >= 15 is 0 Å². The maximum absolute atomic E-state index is 8.00. The average molecular weight is 709 g/mol. The standard InChI is InChI=1S/C28H29.C12H9Si.2ClH.Zr/c1-18(2)23-14-24(19(3)4)16-26(15-23)28-20(5)11-12-22-13-25(17-27(22)28)21-9-7-6-8-10-21;1-3-7-11-9(5-1)10-6-2-4-8-12(10)13-11;;;/h6-19H,1-5H3;1-7H,13H2;2*1H;/q;;;;+2/p-2. The van der Waals surface area contributed by atoms with Gasteiger partial charge in [-0.1, -0.05) is 0 Å². The summed E-state index contributed by atoms with van der Waals surface area (Å²) in [6.45, 7) is 11.4. The van der Waals surface area contributed by atoms with Gasteiger partial charge in [0.1, 0.15) is 0 Å². The summed E-state index contributed by atoms with van der Waals surface area (Å²) in [6, 6.07) is 38.3. The molecule has 5 aromatic carbocycles. The van der Waals surface area contributed by atoms with E-state index in [4.69, 9.17) is 17.0 Å². The summed E-state index contributed by atoms with van der Waals surface area (Å²) in [7, 11) is 15.3. The molecule has 0 fully saturated rings. The maximum atomic E-state index is 8.00. The number of fused-ring (bicyclic) bond motifs is 4. The predicted molar refractivity (Wildman–Crippen MR) is 193 cm³/mol. The van der Waals surface area contributed by atoms with E-state index in [1.54, 1.807) is 0 Å². The summed E-state index contributed by atoms with van der Waals surface area (Å²) < 4.78 is 1.26. The zero-order valence-electron chi connectivity index (χ0n) is 26.1. The van der Waals surface area contributed by atoms with Crippen LogP contribution in [0.1, 0.15) is 76.5 Å². The Morgan fingerprint density at radius 2 is 1.34 bits per heavy atom. The fourth-order valence-electron chi connectivity index (χ4n) is 7.33. The molecule has 1 aliphatic carbocycles. The number of hydrogen-bond donors (Lipinski definition) is 0. The van der Waals surface area contributed by atoms with Crippen LogP contribution in [-0.2, 0) is 17.9 Å². The van der Waals surface area contributed by atoms with E-state index in [2.05, 4.69) is 144 Å². The second-order valence-electron chi connectivity index (χ2n) is 13.1. The number of hydrogen-bond acceptors (Lipinski definition) is 0. The molecule has 220 valence electrons. The van der Waals surface area contributed by atoms with Gasteiger partial charge in [-0.2, -0.15) is 0 Å². The monoisotopic (exact) mass is 706 g/mol. The van der Waals surface area contributed by atoms with E-state index in [-0.39, 0.29) is 3.63 Å². The van der Waals surface area contributed by atoms with Crippen LogP contribution < -0.4 is 13.6 Å². The zero-order chi connectivity index (χ0) is 30.7. The molecule has 0 amide bonds. The summed E-state index contributed by atoms with van der Waals surface area (Å²) in [5, 5.41) is 2.97. The molecule has 0 bridgehead atoms. The van der Waals surface area contributed by atoms with E-state index in [9.17, 15) is 0 Å². The molecular formula is C40H38Cl2SiZr. The van der Waals surface area contributed by atoms with Crippen molar-refractivity contribution >= 4 is 51.8 Å². The normalized spacial score (nSPS) is 15.9. The second kappa shape index (κ2) is 11.7. The van der Waals surface area contributed by atoms with E-state index in [0.29, 0.717) is 11.8 Å². The van der Waals surface area contributed by atoms with Gasteiger partial charge in [0.25, 0.3) is 0 Å². The molecule has 0 radical (unpaired) electrons. The summed E-state index contributed by atoms with van der Waals surface area (Å²) in [6.07, 6.45) is 2.43. The summed E-state index contributed by atoms with van der Waals surface area (Å²) >= 11 is -4.14. The molecule has 0 nitrogen and oxygen atoms in total. The second-order valence-corrected chi connectivity index (χ2v) is 29.0. The first-order valence-electron chi connectivity index (χ1n) is 15.8. The summed E-state index contributed by atoms with van der Waals surface area (Å²) in [5.41, 5.74) is 14.5. The van der Waals surface area contributed by atoms with Crippen molar-refractivity contribution in [3.63, 3.8) is 0 Å². The number of allylic oxidation sites excluding steroid dienone is 1. The van der Waals surface area contributed by atoms with Crippen LogP contribution in [0, 0.1) is 6.92 Å². The quantitative estimate of drug-likeness (QED) is 0.151. The first kappa shape index (κ1) is 30.2. The Morgan fingerprint density at radius 3 is 2.05 bits per heavy atom. The van der Waals surface area contributed by atoms with Crippen molar-refractivity contribution in [1.82, 2.24) is 0 Å². The van der Waals surface area contributed by atoms with E-state index < -0.39 is 27.4 Å². The van der Waals surface area contributed by atoms with Gasteiger partial charge in [-0.25, -0.2) is 0 Å². The Morgan fingerprint density at radius 1 is 0.682 bits per heavy atom. The van der Waals surface area contributed by atoms with Gasteiger partial charge in [-0.05, 0) is 0 Å². The van der Waals surface area contributed by atoms with Crippen LogP contribution in [0.2, 0.25) is 0 Å². The molecule has 5 aromatic rings. The van der Waals surface area contributed by atoms with Crippen molar-refractivity contribution in [2.45, 2.75) is 50.1 Å². The molecule has 1 heterocycles. The molecule has 1 unspecified atom stereocenters. The van der Waals surface area contributed by atoms with Gasteiger partial charge >= 0.3 is 279 Å². The molecule has 0 N–H and O–H groups in total. The van der Waals surface area contributed by atoms with E-state index in [1.807, 2.05) is 0 Å². The van der Waals surface area contributed by atoms with Gasteiger partial charge < -0.3 is 0 Å². The molecule has 1 atom stereocenters. The zero-order valence-corrected chi connectivity index (χ0v) is 31.5. The van der Waals surface area contributed by atoms with Crippen LogP contribution in [0.5, 0.6) is 0 Å². The molecule has 0 spiro atoms. The molecular weight excluding hydrogens is 671 g/mol. The van der Waals surface area contributed by atoms with Crippen molar-refractivity contribution < 1.29 is 17.9 Å². The minimum atomic E-state index is -4.14. The minimum absolute atomic E-state index is 0.00792. The van der Waals surface area contributed by atoms with Crippen LogP contribution in [0.25, 0.3) is 33.9 Å². The van der Waals surface area contributed by atoms with Gasteiger partial charge in [0.05, 0.1) is 0 Å². The number of benzene rings is 5. The van der Waals surface area contributed by atoms with Crippen molar-refractivity contribution in [2.75, 3.05) is 0 Å². The fourth-order valence-corrected chi connectivity index (χ4v) is 23.8. The van der Waals surface area contributed by atoms with Crippen molar-refractivity contribution in [2.24, 2.45) is 0 Å². The Hall–Kier alpha value is -2.48. The first-order chi connectivity index (χ1) is 21.1. The Bertz CT molecular complexity index is 1910. The molecule has 0 saturated carbocycles.